The summed E-state index contributed by atoms with van der Waals surface area (Å²) in [6, 6.07) is 1.29. The van der Waals surface area contributed by atoms with Crippen LogP contribution in [0.15, 0.2) is 16.3 Å². The van der Waals surface area contributed by atoms with Gasteiger partial charge in [0.1, 0.15) is 9.77 Å². The second-order valence-electron chi connectivity index (χ2n) is 4.37. The molecule has 1 aliphatic heterocycles. The number of esters is 1. The van der Waals surface area contributed by atoms with E-state index in [0.29, 0.717) is 13.1 Å². The molecule has 1 aromatic rings. The van der Waals surface area contributed by atoms with E-state index >= 15 is 0 Å². The molecule has 6 nitrogen and oxygen atoms in total. The SMILES string of the molecule is COC(=O)c1sccc1S(=O)(=O)N1CCC[C@@H](N)C1. The van der Waals surface area contributed by atoms with Crippen LogP contribution in [0.2, 0.25) is 0 Å². The maximum absolute atomic E-state index is 12.5. The molecule has 106 valence electrons. The molecular formula is C11H16N2O4S2. The van der Waals surface area contributed by atoms with E-state index in [-0.39, 0.29) is 15.8 Å². The highest BCUT2D eigenvalue weighted by atomic mass is 32.2. The van der Waals surface area contributed by atoms with Crippen LogP contribution in [-0.4, -0.2) is 44.9 Å². The highest BCUT2D eigenvalue weighted by molar-refractivity contribution is 7.89. The standard InChI is InChI=1S/C11H16N2O4S2/c1-17-11(14)10-9(4-6-18-10)19(15,16)13-5-2-3-8(12)7-13/h4,6,8H,2-3,5,7,12H2,1H3/t8-/m1/s1. The van der Waals surface area contributed by atoms with Crippen molar-refractivity contribution in [1.82, 2.24) is 4.31 Å². The summed E-state index contributed by atoms with van der Waals surface area (Å²) >= 11 is 1.06. The third-order valence-electron chi connectivity index (χ3n) is 3.04. The fraction of sp³-hybridized carbons (Fsp3) is 0.545. The van der Waals surface area contributed by atoms with Crippen molar-refractivity contribution in [3.05, 3.63) is 16.3 Å². The number of carbonyl (C=O) groups excluding carboxylic acids is 1. The number of hydrogen-bond donors (Lipinski definition) is 1. The minimum Gasteiger partial charge on any atom is -0.465 e. The Labute approximate surface area is 116 Å². The summed E-state index contributed by atoms with van der Waals surface area (Å²) < 4.78 is 31.0. The van der Waals surface area contributed by atoms with Crippen LogP contribution in [0.25, 0.3) is 0 Å². The van der Waals surface area contributed by atoms with E-state index in [2.05, 4.69) is 4.74 Å². The summed E-state index contributed by atoms with van der Waals surface area (Å²) in [5, 5.41) is 1.57. The molecule has 0 saturated carbocycles. The van der Waals surface area contributed by atoms with Gasteiger partial charge in [-0.25, -0.2) is 13.2 Å². The van der Waals surface area contributed by atoms with Gasteiger partial charge in [-0.3, -0.25) is 0 Å². The smallest absolute Gasteiger partial charge is 0.349 e. The highest BCUT2D eigenvalue weighted by Crippen LogP contribution is 2.27. The number of sulfonamides is 1. The summed E-state index contributed by atoms with van der Waals surface area (Å²) in [6.07, 6.45) is 1.55. The van der Waals surface area contributed by atoms with Gasteiger partial charge in [-0.2, -0.15) is 4.31 Å². The molecular weight excluding hydrogens is 288 g/mol. The first kappa shape index (κ1) is 14.4. The number of ether oxygens (including phenoxy) is 1. The molecule has 19 heavy (non-hydrogen) atoms. The zero-order chi connectivity index (χ0) is 14.0. The molecule has 0 amide bonds. The Morgan fingerprint density at radius 3 is 2.95 bits per heavy atom. The molecule has 0 radical (unpaired) electrons. The van der Waals surface area contributed by atoms with Crippen LogP contribution in [0.4, 0.5) is 0 Å². The fourth-order valence-electron chi connectivity index (χ4n) is 2.07. The number of nitrogens with zero attached hydrogens (tertiary/aromatic N) is 1. The number of hydrogen-bond acceptors (Lipinski definition) is 6. The van der Waals surface area contributed by atoms with Crippen LogP contribution in [0.5, 0.6) is 0 Å². The van der Waals surface area contributed by atoms with Crippen LogP contribution in [0.3, 0.4) is 0 Å². The van der Waals surface area contributed by atoms with Gasteiger partial charge in [-0.1, -0.05) is 0 Å². The van der Waals surface area contributed by atoms with E-state index in [0.717, 1.165) is 24.2 Å². The topological polar surface area (TPSA) is 89.7 Å². The number of nitrogens with two attached hydrogens (primary N) is 1. The molecule has 1 aliphatic rings. The van der Waals surface area contributed by atoms with Crippen LogP contribution < -0.4 is 5.73 Å². The second kappa shape index (κ2) is 5.58. The third kappa shape index (κ3) is 2.81. The molecule has 2 N–H and O–H groups in total. The zero-order valence-electron chi connectivity index (χ0n) is 10.5. The van der Waals surface area contributed by atoms with Gasteiger partial charge in [0.25, 0.3) is 0 Å². The van der Waals surface area contributed by atoms with Crippen LogP contribution in [0, 0.1) is 0 Å². The number of rotatable bonds is 3. The Bertz CT molecular complexity index is 567. The number of piperidine rings is 1. The van der Waals surface area contributed by atoms with Crippen molar-refractivity contribution in [3.8, 4) is 0 Å². The molecule has 1 saturated heterocycles. The van der Waals surface area contributed by atoms with E-state index in [9.17, 15) is 13.2 Å². The molecule has 1 atom stereocenters. The number of carbonyl (C=O) groups is 1. The maximum atomic E-state index is 12.5. The quantitative estimate of drug-likeness (QED) is 0.828. The minimum absolute atomic E-state index is 0.0125. The largest absolute Gasteiger partial charge is 0.465 e. The molecule has 2 rings (SSSR count). The van der Waals surface area contributed by atoms with Crippen LogP contribution in [0.1, 0.15) is 22.5 Å². The van der Waals surface area contributed by atoms with Gasteiger partial charge < -0.3 is 10.5 Å². The van der Waals surface area contributed by atoms with Crippen molar-refractivity contribution in [2.45, 2.75) is 23.8 Å². The van der Waals surface area contributed by atoms with Gasteiger partial charge in [-0.15, -0.1) is 11.3 Å². The molecule has 0 aliphatic carbocycles. The predicted octanol–water partition coefficient (Wildman–Crippen LogP) is 0.647. The Morgan fingerprint density at radius 1 is 1.58 bits per heavy atom. The molecule has 0 aromatic carbocycles. The predicted molar refractivity (Wildman–Crippen MR) is 71.6 cm³/mol. The monoisotopic (exact) mass is 304 g/mol. The normalized spacial score (nSPS) is 21.3. The highest BCUT2D eigenvalue weighted by Gasteiger charge is 2.33. The van der Waals surface area contributed by atoms with Crippen molar-refractivity contribution in [2.75, 3.05) is 20.2 Å². The molecule has 0 bridgehead atoms. The fourth-order valence-corrected chi connectivity index (χ4v) is 4.92. The first-order valence-electron chi connectivity index (χ1n) is 5.88. The molecule has 0 spiro atoms. The lowest BCUT2D eigenvalue weighted by Crippen LogP contribution is -2.45. The van der Waals surface area contributed by atoms with Gasteiger partial charge in [-0.05, 0) is 24.3 Å². The van der Waals surface area contributed by atoms with Gasteiger partial charge in [0, 0.05) is 19.1 Å². The van der Waals surface area contributed by atoms with E-state index in [1.54, 1.807) is 5.38 Å². The van der Waals surface area contributed by atoms with Gasteiger partial charge in [0.05, 0.1) is 7.11 Å². The van der Waals surface area contributed by atoms with Crippen LogP contribution in [-0.2, 0) is 14.8 Å². The lowest BCUT2D eigenvalue weighted by molar-refractivity contribution is 0.0602. The van der Waals surface area contributed by atoms with Gasteiger partial charge in [0.2, 0.25) is 10.0 Å². The van der Waals surface area contributed by atoms with Crippen molar-refractivity contribution in [1.29, 1.82) is 0 Å². The van der Waals surface area contributed by atoms with Gasteiger partial charge >= 0.3 is 5.97 Å². The first-order chi connectivity index (χ1) is 8.96. The maximum Gasteiger partial charge on any atom is 0.349 e. The van der Waals surface area contributed by atoms with E-state index in [4.69, 9.17) is 5.73 Å². The van der Waals surface area contributed by atoms with Crippen molar-refractivity contribution in [3.63, 3.8) is 0 Å². The average Bonchev–Trinajstić information content (AvgIpc) is 2.87. The summed E-state index contributed by atoms with van der Waals surface area (Å²) in [5.74, 6) is -0.630. The summed E-state index contributed by atoms with van der Waals surface area (Å²) in [4.78, 5) is 11.7. The number of methoxy groups -OCH3 is 1. The van der Waals surface area contributed by atoms with Crippen molar-refractivity contribution < 1.29 is 17.9 Å². The Morgan fingerprint density at radius 2 is 2.32 bits per heavy atom. The van der Waals surface area contributed by atoms with Gasteiger partial charge in [0.15, 0.2) is 0 Å². The Balaban J connectivity index is 2.34. The minimum atomic E-state index is -3.67. The molecule has 2 heterocycles. The lowest BCUT2D eigenvalue weighted by atomic mass is 10.1. The third-order valence-corrected chi connectivity index (χ3v) is 5.97. The molecule has 8 heteroatoms. The molecule has 1 aromatic heterocycles. The van der Waals surface area contributed by atoms with Crippen LogP contribution >= 0.6 is 11.3 Å². The van der Waals surface area contributed by atoms with Crippen molar-refractivity contribution >= 4 is 27.3 Å². The second-order valence-corrected chi connectivity index (χ2v) is 7.19. The number of thiophene rings is 1. The Hall–Kier alpha value is -0.960. The first-order valence-corrected chi connectivity index (χ1v) is 8.20. The molecule has 0 unspecified atom stereocenters. The Kier molecular flexibility index (Phi) is 4.24. The van der Waals surface area contributed by atoms with E-state index < -0.39 is 16.0 Å². The average molecular weight is 304 g/mol. The summed E-state index contributed by atoms with van der Waals surface area (Å²) in [6.45, 7) is 0.727. The molecule has 1 fully saturated rings. The van der Waals surface area contributed by atoms with Crippen molar-refractivity contribution in [2.24, 2.45) is 5.73 Å². The lowest BCUT2D eigenvalue weighted by Gasteiger charge is -2.29. The van der Waals surface area contributed by atoms with E-state index in [1.165, 1.54) is 17.5 Å². The van der Waals surface area contributed by atoms with E-state index in [1.807, 2.05) is 0 Å². The summed E-state index contributed by atoms with van der Waals surface area (Å²) in [7, 11) is -2.44. The summed E-state index contributed by atoms with van der Waals surface area (Å²) in [5.41, 5.74) is 5.80. The zero-order valence-corrected chi connectivity index (χ0v) is 12.2.